The van der Waals surface area contributed by atoms with E-state index in [9.17, 15) is 5.11 Å². The van der Waals surface area contributed by atoms with Gasteiger partial charge in [-0.1, -0.05) is 120 Å². The predicted octanol–water partition coefficient (Wildman–Crippen LogP) is 8.51. The molecule has 0 spiro atoms. The number of thiocarbonyl (C=S) groups is 1. The predicted molar refractivity (Wildman–Crippen MR) is 123 cm³/mol. The molecule has 1 N–H and O–H groups in total. The van der Waals surface area contributed by atoms with Gasteiger partial charge in [-0.15, -0.1) is 0 Å². The molecule has 0 fully saturated rings. The molecule has 1 nitrogen and oxygen atoms in total. The Morgan fingerprint density at radius 1 is 0.778 bits per heavy atom. The second-order valence-corrected chi connectivity index (χ2v) is 8.20. The van der Waals surface area contributed by atoms with Gasteiger partial charge in [-0.05, 0) is 35.0 Å². The zero-order chi connectivity index (χ0) is 19.3. The first-order valence-electron chi connectivity index (χ1n) is 10.9. The molecule has 27 heavy (non-hydrogen) atoms. The van der Waals surface area contributed by atoms with E-state index in [4.69, 9.17) is 12.2 Å². The fourth-order valence-corrected chi connectivity index (χ4v) is 4.22. The van der Waals surface area contributed by atoms with E-state index >= 15 is 0 Å². The lowest BCUT2D eigenvalue weighted by molar-refractivity contribution is 0.504. The van der Waals surface area contributed by atoms with Crippen molar-refractivity contribution in [2.45, 2.75) is 89.9 Å². The number of aliphatic hydroxyl groups is 1. The minimum absolute atomic E-state index is 0.0235. The van der Waals surface area contributed by atoms with Crippen LogP contribution in [0.4, 0.5) is 0 Å². The molecular weight excluding hydrogens is 348 g/mol. The highest BCUT2D eigenvalue weighted by Crippen LogP contribution is 2.30. The quantitative estimate of drug-likeness (QED) is 0.260. The summed E-state index contributed by atoms with van der Waals surface area (Å²) in [4.78, 5) is 0. The molecule has 2 rings (SSSR count). The molecular formula is C25H36OS. The van der Waals surface area contributed by atoms with Crippen LogP contribution in [0.5, 0.6) is 0 Å². The molecule has 148 valence electrons. The van der Waals surface area contributed by atoms with E-state index in [-0.39, 0.29) is 11.0 Å². The minimum atomic E-state index is -0.0235. The standard InChI is InChI=1S/C25H36OS/c1-2-3-4-5-6-7-8-9-10-11-12-19-24(25(26)27)23-20-15-17-21-16-13-14-18-22(21)23/h13-18,20,24H,2-12,19H2,1H3,(H,26,27). The largest absolute Gasteiger partial charge is 0.502 e. The monoisotopic (exact) mass is 384 g/mol. The van der Waals surface area contributed by atoms with Gasteiger partial charge in [0.15, 0.2) is 5.05 Å². The van der Waals surface area contributed by atoms with Crippen molar-refractivity contribution in [1.29, 1.82) is 0 Å². The zero-order valence-electron chi connectivity index (χ0n) is 17.0. The van der Waals surface area contributed by atoms with Gasteiger partial charge in [-0.3, -0.25) is 0 Å². The molecule has 0 aliphatic rings. The van der Waals surface area contributed by atoms with Crippen LogP contribution in [0, 0.1) is 0 Å². The van der Waals surface area contributed by atoms with Crippen LogP contribution in [-0.2, 0) is 0 Å². The Balaban J connectivity index is 1.71. The maximum Gasteiger partial charge on any atom is 0.164 e. The number of fused-ring (bicyclic) bond motifs is 1. The smallest absolute Gasteiger partial charge is 0.164 e. The second kappa shape index (κ2) is 12.9. The maximum atomic E-state index is 10.1. The molecule has 0 amide bonds. The van der Waals surface area contributed by atoms with Crippen molar-refractivity contribution in [1.82, 2.24) is 0 Å². The Labute approximate surface area is 171 Å². The lowest BCUT2D eigenvalue weighted by atomic mass is 9.89. The summed E-state index contributed by atoms with van der Waals surface area (Å²) >= 11 is 5.20. The van der Waals surface area contributed by atoms with Crippen LogP contribution in [0.2, 0.25) is 0 Å². The van der Waals surface area contributed by atoms with E-state index in [1.165, 1.54) is 80.5 Å². The Bertz CT molecular complexity index is 674. The fourth-order valence-electron chi connectivity index (χ4n) is 3.98. The summed E-state index contributed by atoms with van der Waals surface area (Å²) < 4.78 is 0. The number of benzene rings is 2. The molecule has 0 aliphatic carbocycles. The molecule has 0 saturated carbocycles. The molecule has 0 aliphatic heterocycles. The summed E-state index contributed by atoms with van der Waals surface area (Å²) in [5, 5.41) is 12.7. The van der Waals surface area contributed by atoms with Gasteiger partial charge in [0.2, 0.25) is 0 Å². The number of rotatable bonds is 14. The van der Waals surface area contributed by atoms with Crippen molar-refractivity contribution in [2.75, 3.05) is 0 Å². The molecule has 0 heterocycles. The third-order valence-corrected chi connectivity index (χ3v) is 5.88. The number of unbranched alkanes of at least 4 members (excludes halogenated alkanes) is 10. The molecule has 0 bridgehead atoms. The first-order chi connectivity index (χ1) is 13.2. The van der Waals surface area contributed by atoms with E-state index in [2.05, 4.69) is 49.4 Å². The van der Waals surface area contributed by atoms with Crippen LogP contribution < -0.4 is 0 Å². The van der Waals surface area contributed by atoms with Gasteiger partial charge in [0.25, 0.3) is 0 Å². The molecule has 2 aromatic rings. The summed E-state index contributed by atoms with van der Waals surface area (Å²) in [6, 6.07) is 14.7. The van der Waals surface area contributed by atoms with Crippen LogP contribution in [0.1, 0.15) is 95.5 Å². The number of aliphatic hydroxyl groups excluding tert-OH is 1. The summed E-state index contributed by atoms with van der Waals surface area (Å²) in [5.74, 6) is -0.0235. The first-order valence-corrected chi connectivity index (χ1v) is 11.4. The van der Waals surface area contributed by atoms with E-state index in [0.29, 0.717) is 0 Å². The van der Waals surface area contributed by atoms with E-state index < -0.39 is 0 Å². The van der Waals surface area contributed by atoms with Gasteiger partial charge in [0.1, 0.15) is 0 Å². The third-order valence-electron chi connectivity index (χ3n) is 5.59. The van der Waals surface area contributed by atoms with Gasteiger partial charge in [-0.25, -0.2) is 0 Å². The fraction of sp³-hybridized carbons (Fsp3) is 0.560. The summed E-state index contributed by atoms with van der Waals surface area (Å²) in [6.45, 7) is 2.27. The highest BCUT2D eigenvalue weighted by atomic mass is 32.1. The average Bonchev–Trinajstić information content (AvgIpc) is 2.68. The van der Waals surface area contributed by atoms with Crippen molar-refractivity contribution in [3.63, 3.8) is 0 Å². The second-order valence-electron chi connectivity index (χ2n) is 7.78. The van der Waals surface area contributed by atoms with Gasteiger partial charge < -0.3 is 5.11 Å². The lowest BCUT2D eigenvalue weighted by Crippen LogP contribution is -2.10. The first kappa shape index (κ1) is 21.9. The Morgan fingerprint density at radius 3 is 1.96 bits per heavy atom. The maximum absolute atomic E-state index is 10.1. The van der Waals surface area contributed by atoms with Gasteiger partial charge in [0.05, 0.1) is 5.92 Å². The Hall–Kier alpha value is -1.41. The number of hydrogen-bond donors (Lipinski definition) is 1. The van der Waals surface area contributed by atoms with Crippen LogP contribution in [-0.4, -0.2) is 10.2 Å². The van der Waals surface area contributed by atoms with Crippen LogP contribution in [0.15, 0.2) is 42.5 Å². The van der Waals surface area contributed by atoms with Crippen molar-refractivity contribution in [3.05, 3.63) is 48.0 Å². The van der Waals surface area contributed by atoms with Crippen LogP contribution in [0.25, 0.3) is 10.8 Å². The van der Waals surface area contributed by atoms with Gasteiger partial charge >= 0.3 is 0 Å². The molecule has 1 atom stereocenters. The van der Waals surface area contributed by atoms with Crippen molar-refractivity contribution < 1.29 is 5.11 Å². The lowest BCUT2D eigenvalue weighted by Gasteiger charge is -2.17. The molecule has 2 heteroatoms. The number of hydrogen-bond acceptors (Lipinski definition) is 1. The van der Waals surface area contributed by atoms with Crippen molar-refractivity contribution >= 4 is 28.0 Å². The summed E-state index contributed by atoms with van der Waals surface area (Å²) in [6.07, 6.45) is 15.7. The van der Waals surface area contributed by atoms with E-state index in [1.807, 2.05) is 0 Å². The van der Waals surface area contributed by atoms with Crippen molar-refractivity contribution in [3.8, 4) is 0 Å². The summed E-state index contributed by atoms with van der Waals surface area (Å²) in [7, 11) is 0. The topological polar surface area (TPSA) is 20.2 Å². The highest BCUT2D eigenvalue weighted by Gasteiger charge is 2.18. The van der Waals surface area contributed by atoms with Gasteiger partial charge in [0, 0.05) is 0 Å². The minimum Gasteiger partial charge on any atom is -0.502 e. The summed E-state index contributed by atoms with van der Waals surface area (Å²) in [5.41, 5.74) is 1.17. The van der Waals surface area contributed by atoms with Gasteiger partial charge in [-0.2, -0.15) is 0 Å². The van der Waals surface area contributed by atoms with Crippen LogP contribution >= 0.6 is 12.2 Å². The third kappa shape index (κ3) is 7.62. The Morgan fingerprint density at radius 2 is 1.33 bits per heavy atom. The van der Waals surface area contributed by atoms with Crippen molar-refractivity contribution in [2.24, 2.45) is 0 Å². The SMILES string of the molecule is CCCCCCCCCCCCCC(C(O)=S)c1cccc2ccccc12. The van der Waals surface area contributed by atoms with E-state index in [0.717, 1.165) is 12.8 Å². The average molecular weight is 385 g/mol. The normalized spacial score (nSPS) is 12.3. The molecule has 0 radical (unpaired) electrons. The molecule has 0 saturated heterocycles. The Kier molecular flexibility index (Phi) is 10.4. The molecule has 0 aromatic heterocycles. The zero-order valence-corrected chi connectivity index (χ0v) is 17.8. The molecule has 2 aromatic carbocycles. The van der Waals surface area contributed by atoms with E-state index in [1.54, 1.807) is 0 Å². The van der Waals surface area contributed by atoms with Crippen LogP contribution in [0.3, 0.4) is 0 Å². The highest BCUT2D eigenvalue weighted by molar-refractivity contribution is 7.80. The molecule has 1 unspecified atom stereocenters.